The first kappa shape index (κ1) is 15.8. The van der Waals surface area contributed by atoms with E-state index in [0.717, 1.165) is 0 Å². The number of carbonyl (C=O) groups excluding carboxylic acids is 1. The van der Waals surface area contributed by atoms with Crippen LogP contribution in [0.15, 0.2) is 36.5 Å². The lowest BCUT2D eigenvalue weighted by Gasteiger charge is -2.13. The van der Waals surface area contributed by atoms with Crippen LogP contribution in [0.1, 0.15) is 11.1 Å². The maximum atomic E-state index is 11.4. The minimum absolute atomic E-state index is 0.0146. The highest BCUT2D eigenvalue weighted by atomic mass is 16.5. The van der Waals surface area contributed by atoms with Crippen LogP contribution in [0, 0.1) is 10.9 Å². The quantitative estimate of drug-likeness (QED) is 0.234. The van der Waals surface area contributed by atoms with Crippen molar-refractivity contribution >= 4 is 23.7 Å². The van der Waals surface area contributed by atoms with Crippen LogP contribution in [0.3, 0.4) is 0 Å². The van der Waals surface area contributed by atoms with E-state index in [1.54, 1.807) is 12.3 Å². The zero-order chi connectivity index (χ0) is 15.7. The van der Waals surface area contributed by atoms with Crippen molar-refractivity contribution < 1.29 is 9.53 Å². The average Bonchev–Trinajstić information content (AvgIpc) is 2.46. The fourth-order valence-electron chi connectivity index (χ4n) is 1.43. The number of ether oxygens (including phenoxy) is 1. The SMILES string of the molecule is C=Cc1cncc(NC(=O)NN=N)c1COC(=N)/C=C\N. The number of urea groups is 1. The summed E-state index contributed by atoms with van der Waals surface area (Å²) in [5, 5.41) is 12.7. The molecule has 110 valence electrons. The molecule has 0 aromatic carbocycles. The minimum Gasteiger partial charge on any atom is -0.473 e. The Hall–Kier alpha value is -3.23. The molecule has 1 rings (SSSR count). The zero-order valence-electron chi connectivity index (χ0n) is 11.1. The molecule has 0 bridgehead atoms. The third-order valence-electron chi connectivity index (χ3n) is 2.34. The van der Waals surface area contributed by atoms with Gasteiger partial charge in [0, 0.05) is 23.4 Å². The number of anilines is 1. The van der Waals surface area contributed by atoms with Gasteiger partial charge in [-0.1, -0.05) is 17.9 Å². The summed E-state index contributed by atoms with van der Waals surface area (Å²) in [6, 6.07) is -0.689. The Morgan fingerprint density at radius 2 is 2.33 bits per heavy atom. The molecule has 0 aliphatic heterocycles. The number of rotatable bonds is 6. The smallest absolute Gasteiger partial charge is 0.341 e. The van der Waals surface area contributed by atoms with Crippen LogP contribution in [0.25, 0.3) is 6.08 Å². The Morgan fingerprint density at radius 1 is 1.57 bits per heavy atom. The van der Waals surface area contributed by atoms with Crippen molar-refractivity contribution in [2.75, 3.05) is 5.32 Å². The van der Waals surface area contributed by atoms with E-state index < -0.39 is 6.03 Å². The Labute approximate surface area is 120 Å². The molecule has 0 aliphatic carbocycles. The van der Waals surface area contributed by atoms with Crippen molar-refractivity contribution in [3.8, 4) is 0 Å². The summed E-state index contributed by atoms with van der Waals surface area (Å²) in [5.41, 5.74) is 15.2. The summed E-state index contributed by atoms with van der Waals surface area (Å²) in [6.07, 6.45) is 6.98. The Balaban J connectivity index is 2.97. The van der Waals surface area contributed by atoms with Crippen LogP contribution in [-0.2, 0) is 11.3 Å². The third-order valence-corrected chi connectivity index (χ3v) is 2.34. The summed E-state index contributed by atoms with van der Waals surface area (Å²) in [6.45, 7) is 3.67. The summed E-state index contributed by atoms with van der Waals surface area (Å²) >= 11 is 0. The number of pyridine rings is 1. The molecular formula is C12H15N7O2. The van der Waals surface area contributed by atoms with Crippen molar-refractivity contribution in [1.82, 2.24) is 10.4 Å². The van der Waals surface area contributed by atoms with Crippen molar-refractivity contribution in [1.29, 1.82) is 10.9 Å². The first-order valence-corrected chi connectivity index (χ1v) is 5.74. The molecule has 0 aliphatic rings. The van der Waals surface area contributed by atoms with E-state index in [-0.39, 0.29) is 12.5 Å². The zero-order valence-corrected chi connectivity index (χ0v) is 11.1. The second-order valence-corrected chi connectivity index (χ2v) is 3.65. The fraction of sp³-hybridized carbons (Fsp3) is 0.0833. The topological polar surface area (TPSA) is 149 Å². The van der Waals surface area contributed by atoms with Gasteiger partial charge in [0.15, 0.2) is 0 Å². The van der Waals surface area contributed by atoms with Gasteiger partial charge in [-0.2, -0.15) is 5.53 Å². The number of hydrogen-bond acceptors (Lipinski definition) is 7. The van der Waals surface area contributed by atoms with Crippen LogP contribution in [0.2, 0.25) is 0 Å². The largest absolute Gasteiger partial charge is 0.473 e. The highest BCUT2D eigenvalue weighted by Gasteiger charge is 2.11. The molecular weight excluding hydrogens is 274 g/mol. The molecule has 0 fully saturated rings. The van der Waals surface area contributed by atoms with Gasteiger partial charge in [0.25, 0.3) is 0 Å². The van der Waals surface area contributed by atoms with Gasteiger partial charge in [0.05, 0.1) is 11.9 Å². The van der Waals surface area contributed by atoms with Crippen LogP contribution in [-0.4, -0.2) is 16.9 Å². The number of carbonyl (C=O) groups is 1. The van der Waals surface area contributed by atoms with Gasteiger partial charge < -0.3 is 15.8 Å². The second-order valence-electron chi connectivity index (χ2n) is 3.65. The minimum atomic E-state index is -0.689. The molecule has 1 aromatic heterocycles. The first-order chi connectivity index (χ1) is 10.1. The van der Waals surface area contributed by atoms with Gasteiger partial charge in [-0.05, 0) is 6.20 Å². The molecule has 0 atom stereocenters. The number of nitrogens with zero attached hydrogens (tertiary/aromatic N) is 2. The molecule has 6 N–H and O–H groups in total. The van der Waals surface area contributed by atoms with Crippen molar-refractivity contribution in [2.24, 2.45) is 11.0 Å². The highest BCUT2D eigenvalue weighted by Crippen LogP contribution is 2.21. The molecule has 0 radical (unpaired) electrons. The highest BCUT2D eigenvalue weighted by molar-refractivity contribution is 5.90. The normalized spacial score (nSPS) is 9.90. The van der Waals surface area contributed by atoms with Gasteiger partial charge >= 0.3 is 6.03 Å². The van der Waals surface area contributed by atoms with Crippen LogP contribution in [0.5, 0.6) is 0 Å². The fourth-order valence-corrected chi connectivity index (χ4v) is 1.43. The van der Waals surface area contributed by atoms with Crippen LogP contribution < -0.4 is 16.5 Å². The van der Waals surface area contributed by atoms with Crippen molar-refractivity contribution in [2.45, 2.75) is 6.61 Å². The van der Waals surface area contributed by atoms with E-state index in [0.29, 0.717) is 16.8 Å². The standard InChI is InChI=1S/C12H15N7O2/c1-2-8-5-16-6-10(17-12(20)18-19-15)9(8)7-21-11(14)3-4-13/h2-6,14H,1,7,13H2,(H3,15,17,18,20)/b4-3-,14-11?. The molecule has 0 spiro atoms. The van der Waals surface area contributed by atoms with Crippen molar-refractivity contribution in [3.63, 3.8) is 0 Å². The molecule has 0 saturated heterocycles. The van der Waals surface area contributed by atoms with Gasteiger partial charge in [-0.3, -0.25) is 10.4 Å². The molecule has 9 nitrogen and oxygen atoms in total. The van der Waals surface area contributed by atoms with Crippen LogP contribution >= 0.6 is 0 Å². The molecule has 1 aromatic rings. The predicted octanol–water partition coefficient (Wildman–Crippen LogP) is 1.76. The van der Waals surface area contributed by atoms with Gasteiger partial charge in [-0.15, -0.1) is 0 Å². The second kappa shape index (κ2) is 8.04. The molecule has 0 saturated carbocycles. The lowest BCUT2D eigenvalue weighted by molar-refractivity contribution is 0.251. The van der Waals surface area contributed by atoms with Gasteiger partial charge in [0.1, 0.15) is 6.61 Å². The maximum absolute atomic E-state index is 11.4. The Kier molecular flexibility index (Phi) is 6.06. The van der Waals surface area contributed by atoms with Crippen LogP contribution in [0.4, 0.5) is 10.5 Å². The summed E-state index contributed by atoms with van der Waals surface area (Å²) in [7, 11) is 0. The number of nitrogens with two attached hydrogens (primary N) is 1. The van der Waals surface area contributed by atoms with E-state index in [1.807, 2.05) is 5.43 Å². The van der Waals surface area contributed by atoms with Crippen molar-refractivity contribution in [3.05, 3.63) is 42.4 Å². The lowest BCUT2D eigenvalue weighted by atomic mass is 10.1. The van der Waals surface area contributed by atoms with E-state index in [2.05, 4.69) is 22.1 Å². The predicted molar refractivity (Wildman–Crippen MR) is 77.5 cm³/mol. The summed E-state index contributed by atoms with van der Waals surface area (Å²) in [4.78, 5) is 15.4. The molecule has 21 heavy (non-hydrogen) atoms. The molecule has 1 heterocycles. The number of nitrogens with one attached hydrogen (secondary N) is 4. The average molecular weight is 289 g/mol. The molecule has 2 amide bonds. The van der Waals surface area contributed by atoms with E-state index in [9.17, 15) is 4.79 Å². The van der Waals surface area contributed by atoms with E-state index in [1.165, 1.54) is 18.5 Å². The third kappa shape index (κ3) is 4.74. The van der Waals surface area contributed by atoms with E-state index in [4.69, 9.17) is 21.4 Å². The first-order valence-electron chi connectivity index (χ1n) is 5.74. The monoisotopic (exact) mass is 289 g/mol. The maximum Gasteiger partial charge on any atom is 0.341 e. The Morgan fingerprint density at radius 3 is 2.95 bits per heavy atom. The number of aromatic nitrogens is 1. The number of hydrogen-bond donors (Lipinski definition) is 5. The lowest BCUT2D eigenvalue weighted by Crippen LogP contribution is -2.24. The molecule has 0 unspecified atom stereocenters. The molecule has 9 heteroatoms. The Bertz CT molecular complexity index is 583. The summed E-state index contributed by atoms with van der Waals surface area (Å²) < 4.78 is 5.20. The van der Waals surface area contributed by atoms with Gasteiger partial charge in [-0.25, -0.2) is 10.2 Å². The number of amides is 2. The van der Waals surface area contributed by atoms with E-state index >= 15 is 0 Å². The summed E-state index contributed by atoms with van der Waals surface area (Å²) in [5.74, 6) is -0.124. The van der Waals surface area contributed by atoms with Gasteiger partial charge in [0.2, 0.25) is 5.90 Å².